The minimum absolute atomic E-state index is 0.0315. The molecule has 0 spiro atoms. The molecule has 3 heteroatoms. The molecule has 0 bridgehead atoms. The molecule has 3 nitrogen and oxygen atoms in total. The number of rotatable bonds is 2. The van der Waals surface area contributed by atoms with Crippen LogP contribution in [0.4, 0.5) is 5.69 Å². The van der Waals surface area contributed by atoms with Crippen molar-refractivity contribution in [3.63, 3.8) is 0 Å². The van der Waals surface area contributed by atoms with Crippen molar-refractivity contribution in [3.05, 3.63) is 29.8 Å². The molecule has 0 radical (unpaired) electrons. The van der Waals surface area contributed by atoms with Gasteiger partial charge in [-0.15, -0.1) is 0 Å². The van der Waals surface area contributed by atoms with Crippen molar-refractivity contribution < 1.29 is 4.79 Å². The van der Waals surface area contributed by atoms with Crippen LogP contribution in [0.2, 0.25) is 0 Å². The number of nitrogens with two attached hydrogens (primary N) is 1. The van der Waals surface area contributed by atoms with E-state index in [9.17, 15) is 4.79 Å². The normalized spacial score (nSPS) is 26.2. The topological polar surface area (TPSA) is 46.3 Å². The van der Waals surface area contributed by atoms with E-state index in [2.05, 4.69) is 4.90 Å². The van der Waals surface area contributed by atoms with E-state index < -0.39 is 0 Å². The number of hydrogen-bond donors (Lipinski definition) is 1. The van der Waals surface area contributed by atoms with E-state index in [1.165, 1.54) is 12.8 Å². The standard InChI is InChI=1S/C13H16N2O/c14-10-3-1-2-9(8-10)13-12(16)6-7-15(13)11-4-5-11/h1-3,8,11,13H,4-7,14H2. The lowest BCUT2D eigenvalue weighted by molar-refractivity contribution is -0.120. The Labute approximate surface area is 95.2 Å². The number of anilines is 1. The first kappa shape index (κ1) is 9.85. The summed E-state index contributed by atoms with van der Waals surface area (Å²) in [5.74, 6) is 0.345. The Kier molecular flexibility index (Phi) is 2.21. The first-order valence-electron chi connectivity index (χ1n) is 5.89. The second-order valence-corrected chi connectivity index (χ2v) is 4.76. The van der Waals surface area contributed by atoms with Crippen LogP contribution in [0.5, 0.6) is 0 Å². The van der Waals surface area contributed by atoms with Gasteiger partial charge in [0.25, 0.3) is 0 Å². The molecule has 2 aliphatic rings. The van der Waals surface area contributed by atoms with Crippen molar-refractivity contribution >= 4 is 11.5 Å². The zero-order chi connectivity index (χ0) is 11.1. The third kappa shape index (κ3) is 1.61. The summed E-state index contributed by atoms with van der Waals surface area (Å²) in [5, 5.41) is 0. The quantitative estimate of drug-likeness (QED) is 0.766. The summed E-state index contributed by atoms with van der Waals surface area (Å²) in [6.07, 6.45) is 3.17. The second kappa shape index (κ2) is 3.59. The Morgan fingerprint density at radius 3 is 2.81 bits per heavy atom. The molecular weight excluding hydrogens is 200 g/mol. The maximum atomic E-state index is 11.9. The minimum atomic E-state index is -0.0315. The van der Waals surface area contributed by atoms with Gasteiger partial charge in [-0.2, -0.15) is 0 Å². The molecule has 1 saturated carbocycles. The predicted octanol–water partition coefficient (Wildman–Crippen LogP) is 1.75. The number of carbonyl (C=O) groups excluding carboxylic acids is 1. The molecule has 1 heterocycles. The maximum absolute atomic E-state index is 11.9. The highest BCUT2D eigenvalue weighted by Crippen LogP contribution is 2.39. The van der Waals surface area contributed by atoms with Crippen LogP contribution in [0.1, 0.15) is 30.9 Å². The van der Waals surface area contributed by atoms with E-state index in [1.54, 1.807) is 0 Å². The van der Waals surface area contributed by atoms with Gasteiger partial charge in [-0.3, -0.25) is 9.69 Å². The Morgan fingerprint density at radius 2 is 2.12 bits per heavy atom. The average Bonchev–Trinajstić information content (AvgIpc) is 3.02. The van der Waals surface area contributed by atoms with Gasteiger partial charge < -0.3 is 5.73 Å². The summed E-state index contributed by atoms with van der Waals surface area (Å²) in [4.78, 5) is 14.3. The molecule has 1 aliphatic heterocycles. The van der Waals surface area contributed by atoms with Gasteiger partial charge in [0.05, 0.1) is 6.04 Å². The van der Waals surface area contributed by atoms with Crippen LogP contribution in [0.15, 0.2) is 24.3 Å². The molecule has 1 saturated heterocycles. The van der Waals surface area contributed by atoms with E-state index in [1.807, 2.05) is 24.3 Å². The zero-order valence-corrected chi connectivity index (χ0v) is 9.23. The summed E-state index contributed by atoms with van der Waals surface area (Å²) in [5.41, 5.74) is 7.59. The van der Waals surface area contributed by atoms with Crippen LogP contribution in [0.3, 0.4) is 0 Å². The summed E-state index contributed by atoms with van der Waals surface area (Å²) < 4.78 is 0. The van der Waals surface area contributed by atoms with Crippen molar-refractivity contribution in [2.45, 2.75) is 31.3 Å². The molecule has 84 valence electrons. The fourth-order valence-electron chi connectivity index (χ4n) is 2.60. The van der Waals surface area contributed by atoms with Gasteiger partial charge in [-0.05, 0) is 30.5 Å². The SMILES string of the molecule is Nc1cccc(C2C(=O)CCN2C2CC2)c1. The maximum Gasteiger partial charge on any atom is 0.155 e. The zero-order valence-electron chi connectivity index (χ0n) is 9.23. The van der Waals surface area contributed by atoms with Crippen LogP contribution < -0.4 is 5.73 Å². The Hall–Kier alpha value is -1.35. The molecule has 1 unspecified atom stereocenters. The number of likely N-dealkylation sites (tertiary alicyclic amines) is 1. The van der Waals surface area contributed by atoms with Crippen LogP contribution in [0.25, 0.3) is 0 Å². The molecule has 1 aromatic rings. The Bertz CT molecular complexity index is 426. The number of carbonyl (C=O) groups is 1. The fourth-order valence-corrected chi connectivity index (χ4v) is 2.60. The lowest BCUT2D eigenvalue weighted by atomic mass is 10.0. The molecule has 16 heavy (non-hydrogen) atoms. The number of hydrogen-bond acceptors (Lipinski definition) is 3. The van der Waals surface area contributed by atoms with E-state index in [-0.39, 0.29) is 6.04 Å². The first-order chi connectivity index (χ1) is 7.75. The number of benzene rings is 1. The predicted molar refractivity (Wildman–Crippen MR) is 62.9 cm³/mol. The molecule has 2 N–H and O–H groups in total. The summed E-state index contributed by atoms with van der Waals surface area (Å²) >= 11 is 0. The summed E-state index contributed by atoms with van der Waals surface area (Å²) in [7, 11) is 0. The van der Waals surface area contributed by atoms with Crippen molar-refractivity contribution in [2.24, 2.45) is 0 Å². The smallest absolute Gasteiger partial charge is 0.155 e. The van der Waals surface area contributed by atoms with E-state index in [0.717, 1.165) is 17.8 Å². The number of nitrogen functional groups attached to an aromatic ring is 1. The summed E-state index contributed by atoms with van der Waals surface area (Å²) in [6.45, 7) is 0.920. The van der Waals surface area contributed by atoms with Gasteiger partial charge >= 0.3 is 0 Å². The van der Waals surface area contributed by atoms with Gasteiger partial charge in [-0.1, -0.05) is 12.1 Å². The Balaban J connectivity index is 1.93. The molecule has 1 atom stereocenters. The number of ketones is 1. The van der Waals surface area contributed by atoms with Gasteiger partial charge in [0.15, 0.2) is 5.78 Å². The highest BCUT2D eigenvalue weighted by atomic mass is 16.1. The highest BCUT2D eigenvalue weighted by molar-refractivity contribution is 5.87. The van der Waals surface area contributed by atoms with E-state index in [4.69, 9.17) is 5.73 Å². The molecule has 2 fully saturated rings. The minimum Gasteiger partial charge on any atom is -0.399 e. The van der Waals surface area contributed by atoms with Gasteiger partial charge in [0.1, 0.15) is 0 Å². The van der Waals surface area contributed by atoms with E-state index in [0.29, 0.717) is 18.2 Å². The third-order valence-corrected chi connectivity index (χ3v) is 3.50. The largest absolute Gasteiger partial charge is 0.399 e. The highest BCUT2D eigenvalue weighted by Gasteiger charge is 2.41. The van der Waals surface area contributed by atoms with Crippen LogP contribution in [-0.2, 0) is 4.79 Å². The van der Waals surface area contributed by atoms with Gasteiger partial charge in [0.2, 0.25) is 0 Å². The van der Waals surface area contributed by atoms with Crippen molar-refractivity contribution in [2.75, 3.05) is 12.3 Å². The molecular formula is C13H16N2O. The van der Waals surface area contributed by atoms with E-state index >= 15 is 0 Å². The molecule has 0 aromatic heterocycles. The van der Waals surface area contributed by atoms with Gasteiger partial charge in [0, 0.05) is 24.7 Å². The molecule has 3 rings (SSSR count). The van der Waals surface area contributed by atoms with Crippen molar-refractivity contribution in [1.82, 2.24) is 4.90 Å². The van der Waals surface area contributed by atoms with Gasteiger partial charge in [-0.25, -0.2) is 0 Å². The van der Waals surface area contributed by atoms with Crippen LogP contribution in [0, 0.1) is 0 Å². The van der Waals surface area contributed by atoms with Crippen molar-refractivity contribution in [3.8, 4) is 0 Å². The van der Waals surface area contributed by atoms with Crippen molar-refractivity contribution in [1.29, 1.82) is 0 Å². The monoisotopic (exact) mass is 216 g/mol. The third-order valence-electron chi connectivity index (χ3n) is 3.50. The number of Topliss-reactive ketones (excluding diaryl/α,β-unsaturated/α-hetero) is 1. The summed E-state index contributed by atoms with van der Waals surface area (Å²) in [6, 6.07) is 8.35. The molecule has 1 aliphatic carbocycles. The molecule has 0 amide bonds. The van der Waals surface area contributed by atoms with Crippen LogP contribution >= 0.6 is 0 Å². The van der Waals surface area contributed by atoms with Crippen LogP contribution in [-0.4, -0.2) is 23.3 Å². The lowest BCUT2D eigenvalue weighted by Gasteiger charge is -2.23. The first-order valence-corrected chi connectivity index (χ1v) is 5.89. The lowest BCUT2D eigenvalue weighted by Crippen LogP contribution is -2.27. The Morgan fingerprint density at radius 1 is 1.31 bits per heavy atom. The molecule has 1 aromatic carbocycles. The second-order valence-electron chi connectivity index (χ2n) is 4.76. The fraction of sp³-hybridized carbons (Fsp3) is 0.462. The number of nitrogens with zero attached hydrogens (tertiary/aromatic N) is 1. The average molecular weight is 216 g/mol.